The molecule has 0 heterocycles. The van der Waals surface area contributed by atoms with E-state index in [9.17, 15) is 9.59 Å². The van der Waals surface area contributed by atoms with Crippen molar-refractivity contribution in [3.8, 4) is 0 Å². The van der Waals surface area contributed by atoms with Crippen LogP contribution < -0.4 is 0 Å². The Morgan fingerprint density at radius 2 is 1.28 bits per heavy atom. The van der Waals surface area contributed by atoms with Crippen molar-refractivity contribution in [2.24, 2.45) is 11.3 Å². The van der Waals surface area contributed by atoms with Gasteiger partial charge in [-0.05, 0) is 50.9 Å². The molecule has 4 heteroatoms. The summed E-state index contributed by atoms with van der Waals surface area (Å²) in [7, 11) is 0. The Labute approximate surface area is 179 Å². The lowest BCUT2D eigenvalue weighted by molar-refractivity contribution is -0.177. The lowest BCUT2D eigenvalue weighted by atomic mass is 9.82. The summed E-state index contributed by atoms with van der Waals surface area (Å²) >= 11 is 0. The lowest BCUT2D eigenvalue weighted by Gasteiger charge is -2.32. The third-order valence-electron chi connectivity index (χ3n) is 6.71. The molecule has 1 aliphatic rings. The highest BCUT2D eigenvalue weighted by Crippen LogP contribution is 2.33. The summed E-state index contributed by atoms with van der Waals surface area (Å²) in [6, 6.07) is 0. The van der Waals surface area contributed by atoms with Gasteiger partial charge in [0.15, 0.2) is 5.41 Å². The van der Waals surface area contributed by atoms with Gasteiger partial charge in [0, 0.05) is 0 Å². The van der Waals surface area contributed by atoms with Gasteiger partial charge in [0.2, 0.25) is 0 Å². The van der Waals surface area contributed by atoms with Crippen molar-refractivity contribution >= 4 is 11.9 Å². The Bertz CT molecular complexity index is 448. The van der Waals surface area contributed by atoms with E-state index in [0.717, 1.165) is 38.5 Å². The van der Waals surface area contributed by atoms with Gasteiger partial charge in [-0.2, -0.15) is 0 Å². The average molecular weight is 411 g/mol. The van der Waals surface area contributed by atoms with E-state index >= 15 is 0 Å². The van der Waals surface area contributed by atoms with Crippen molar-refractivity contribution in [1.29, 1.82) is 0 Å². The van der Waals surface area contributed by atoms with Crippen LogP contribution in [0, 0.1) is 11.3 Å². The second-order valence-electron chi connectivity index (χ2n) is 9.04. The van der Waals surface area contributed by atoms with E-state index in [1.807, 2.05) is 13.8 Å². The Hall–Kier alpha value is -1.06. The molecule has 0 aliphatic heterocycles. The third kappa shape index (κ3) is 9.09. The van der Waals surface area contributed by atoms with Crippen LogP contribution in [0.3, 0.4) is 0 Å². The first-order chi connectivity index (χ1) is 14.0. The highest BCUT2D eigenvalue weighted by atomic mass is 16.6. The van der Waals surface area contributed by atoms with Crippen LogP contribution in [-0.4, -0.2) is 24.6 Å². The number of esters is 2. The molecule has 1 rings (SSSR count). The lowest BCUT2D eigenvalue weighted by Crippen LogP contribution is -2.43. The van der Waals surface area contributed by atoms with E-state index in [1.165, 1.54) is 44.9 Å². The second-order valence-corrected chi connectivity index (χ2v) is 9.04. The third-order valence-corrected chi connectivity index (χ3v) is 6.71. The molecule has 0 bridgehead atoms. The van der Waals surface area contributed by atoms with Gasteiger partial charge >= 0.3 is 11.9 Å². The molecule has 0 aromatic rings. The molecule has 0 aromatic carbocycles. The maximum Gasteiger partial charge on any atom is 0.323 e. The van der Waals surface area contributed by atoms with Crippen LogP contribution in [0.1, 0.15) is 124 Å². The van der Waals surface area contributed by atoms with Gasteiger partial charge in [-0.15, -0.1) is 0 Å². The molecule has 1 aliphatic carbocycles. The SMILES string of the molecule is CCCCCCCCCCCOC(=O)C(CC)(CC)C(=O)OC1CCC(C)CC1. The largest absolute Gasteiger partial charge is 0.465 e. The number of unbranched alkanes of at least 4 members (excludes halogenated alkanes) is 8. The zero-order valence-electron chi connectivity index (χ0n) is 19.6. The van der Waals surface area contributed by atoms with Crippen molar-refractivity contribution in [3.63, 3.8) is 0 Å². The van der Waals surface area contributed by atoms with Crippen LogP contribution in [0.4, 0.5) is 0 Å². The van der Waals surface area contributed by atoms with Gasteiger partial charge in [-0.3, -0.25) is 9.59 Å². The van der Waals surface area contributed by atoms with E-state index in [0.29, 0.717) is 25.4 Å². The molecule has 0 radical (unpaired) electrons. The number of hydrogen-bond acceptors (Lipinski definition) is 4. The molecule has 29 heavy (non-hydrogen) atoms. The fourth-order valence-electron chi connectivity index (χ4n) is 4.24. The number of carbonyl (C=O) groups excluding carboxylic acids is 2. The fraction of sp³-hybridized carbons (Fsp3) is 0.920. The number of carbonyl (C=O) groups is 2. The first kappa shape index (κ1) is 26.0. The summed E-state index contributed by atoms with van der Waals surface area (Å²) in [6.07, 6.45) is 15.8. The van der Waals surface area contributed by atoms with E-state index < -0.39 is 11.4 Å². The summed E-state index contributed by atoms with van der Waals surface area (Å²) in [6.45, 7) is 8.65. The van der Waals surface area contributed by atoms with Gasteiger partial charge in [0.1, 0.15) is 6.10 Å². The monoisotopic (exact) mass is 410 g/mol. The van der Waals surface area contributed by atoms with Gasteiger partial charge < -0.3 is 9.47 Å². The molecule has 0 amide bonds. The number of ether oxygens (including phenoxy) is 2. The Morgan fingerprint density at radius 3 is 1.79 bits per heavy atom. The highest BCUT2D eigenvalue weighted by molar-refractivity contribution is 6.00. The molecule has 4 nitrogen and oxygen atoms in total. The fourth-order valence-corrected chi connectivity index (χ4v) is 4.24. The first-order valence-electron chi connectivity index (χ1n) is 12.4. The molecule has 0 aromatic heterocycles. The summed E-state index contributed by atoms with van der Waals surface area (Å²) < 4.78 is 11.3. The number of hydrogen-bond donors (Lipinski definition) is 0. The summed E-state index contributed by atoms with van der Waals surface area (Å²) in [5.74, 6) is -0.0660. The molecule has 0 atom stereocenters. The molecule has 0 N–H and O–H groups in total. The first-order valence-corrected chi connectivity index (χ1v) is 12.4. The summed E-state index contributed by atoms with van der Waals surface area (Å²) in [5, 5.41) is 0. The average Bonchev–Trinajstić information content (AvgIpc) is 2.72. The van der Waals surface area contributed by atoms with Gasteiger partial charge in [-0.25, -0.2) is 0 Å². The van der Waals surface area contributed by atoms with Crippen molar-refractivity contribution < 1.29 is 19.1 Å². The molecule has 170 valence electrons. The predicted octanol–water partition coefficient (Wildman–Crippen LogP) is 6.99. The van der Waals surface area contributed by atoms with E-state index in [2.05, 4.69) is 13.8 Å². The van der Waals surface area contributed by atoms with Crippen LogP contribution >= 0.6 is 0 Å². The minimum absolute atomic E-state index is 0.0405. The van der Waals surface area contributed by atoms with E-state index in [1.54, 1.807) is 0 Å². The maximum absolute atomic E-state index is 12.9. The zero-order valence-corrected chi connectivity index (χ0v) is 19.6. The minimum atomic E-state index is -1.14. The normalized spacial score (nSPS) is 19.7. The van der Waals surface area contributed by atoms with Gasteiger partial charge in [0.05, 0.1) is 6.61 Å². The van der Waals surface area contributed by atoms with Crippen LogP contribution in [0.25, 0.3) is 0 Å². The quantitative estimate of drug-likeness (QED) is 0.166. The smallest absolute Gasteiger partial charge is 0.323 e. The molecule has 1 saturated carbocycles. The van der Waals surface area contributed by atoms with E-state index in [-0.39, 0.29) is 12.1 Å². The Kier molecular flexibility index (Phi) is 13.3. The Morgan fingerprint density at radius 1 is 0.759 bits per heavy atom. The molecule has 1 fully saturated rings. The van der Waals surface area contributed by atoms with Crippen molar-refractivity contribution in [1.82, 2.24) is 0 Å². The standard InChI is InChI=1S/C25H46O4/c1-5-8-9-10-11-12-13-14-15-20-28-23(26)25(6-2,7-3)24(27)29-22-18-16-21(4)17-19-22/h21-22H,5-20H2,1-4H3. The molecular formula is C25H46O4. The number of rotatable bonds is 15. The van der Waals surface area contributed by atoms with Crippen molar-refractivity contribution in [2.45, 2.75) is 130 Å². The van der Waals surface area contributed by atoms with Gasteiger partial charge in [0.25, 0.3) is 0 Å². The Balaban J connectivity index is 2.32. The summed E-state index contributed by atoms with van der Waals surface area (Å²) in [5.41, 5.74) is -1.14. The second kappa shape index (κ2) is 14.8. The van der Waals surface area contributed by atoms with Crippen LogP contribution in [0.15, 0.2) is 0 Å². The molecule has 0 saturated heterocycles. The summed E-state index contributed by atoms with van der Waals surface area (Å²) in [4.78, 5) is 25.7. The molecular weight excluding hydrogens is 364 g/mol. The van der Waals surface area contributed by atoms with Gasteiger partial charge in [-0.1, -0.05) is 79.1 Å². The van der Waals surface area contributed by atoms with Crippen LogP contribution in [-0.2, 0) is 19.1 Å². The van der Waals surface area contributed by atoms with E-state index in [4.69, 9.17) is 9.47 Å². The zero-order chi connectivity index (χ0) is 21.5. The maximum atomic E-state index is 12.9. The van der Waals surface area contributed by atoms with Crippen molar-refractivity contribution in [2.75, 3.05) is 6.61 Å². The predicted molar refractivity (Wildman–Crippen MR) is 119 cm³/mol. The highest BCUT2D eigenvalue weighted by Gasteiger charge is 2.46. The van der Waals surface area contributed by atoms with Crippen LogP contribution in [0.2, 0.25) is 0 Å². The molecule has 0 spiro atoms. The topological polar surface area (TPSA) is 52.6 Å². The van der Waals surface area contributed by atoms with Crippen LogP contribution in [0.5, 0.6) is 0 Å². The minimum Gasteiger partial charge on any atom is -0.465 e. The van der Waals surface area contributed by atoms with Crippen molar-refractivity contribution in [3.05, 3.63) is 0 Å². The molecule has 0 unspecified atom stereocenters.